The van der Waals surface area contributed by atoms with Crippen molar-refractivity contribution in [2.75, 3.05) is 18.0 Å². The zero-order valence-corrected chi connectivity index (χ0v) is 10.8. The molecule has 5 nitrogen and oxygen atoms in total. The molecule has 0 saturated carbocycles. The maximum atomic E-state index is 11.9. The molecule has 3 N–H and O–H groups in total. The van der Waals surface area contributed by atoms with Crippen LogP contribution in [-0.2, 0) is 6.54 Å². The summed E-state index contributed by atoms with van der Waals surface area (Å²) < 4.78 is 1.68. The monoisotopic (exact) mass is 254 g/mol. The van der Waals surface area contributed by atoms with Crippen LogP contribution in [0.2, 0.25) is 0 Å². The van der Waals surface area contributed by atoms with Crippen molar-refractivity contribution in [1.82, 2.24) is 15.1 Å². The molecule has 0 aromatic carbocycles. The van der Waals surface area contributed by atoms with Crippen LogP contribution in [0.3, 0.4) is 0 Å². The van der Waals surface area contributed by atoms with E-state index >= 15 is 0 Å². The number of carbonyl (C=O) groups is 1. The van der Waals surface area contributed by atoms with Crippen molar-refractivity contribution in [2.24, 2.45) is 0 Å². The number of carbonyl (C=O) groups excluding carboxylic acids is 1. The first kappa shape index (κ1) is 12.3. The molecule has 6 heteroatoms. The Labute approximate surface area is 105 Å². The predicted octanol–water partition coefficient (Wildman–Crippen LogP) is 1.11. The molecular formula is C11H18N4OS. The molecule has 1 unspecified atom stereocenters. The summed E-state index contributed by atoms with van der Waals surface area (Å²) in [6, 6.07) is 0. The lowest BCUT2D eigenvalue weighted by Crippen LogP contribution is -2.30. The number of hydrogen-bond acceptors (Lipinski definition) is 4. The molecule has 1 fully saturated rings. The average molecular weight is 254 g/mol. The zero-order chi connectivity index (χ0) is 12.3. The van der Waals surface area contributed by atoms with Gasteiger partial charge in [-0.3, -0.25) is 9.48 Å². The molecule has 1 aliphatic rings. The fourth-order valence-corrected chi connectivity index (χ4v) is 3.07. The van der Waals surface area contributed by atoms with Gasteiger partial charge in [0.25, 0.3) is 5.91 Å². The number of nitrogens with one attached hydrogen (secondary N) is 1. The van der Waals surface area contributed by atoms with Gasteiger partial charge in [0.2, 0.25) is 0 Å². The molecule has 17 heavy (non-hydrogen) atoms. The van der Waals surface area contributed by atoms with Crippen LogP contribution in [0.5, 0.6) is 0 Å². The van der Waals surface area contributed by atoms with Gasteiger partial charge in [0.05, 0.1) is 5.69 Å². The van der Waals surface area contributed by atoms with E-state index in [0.717, 1.165) is 6.54 Å². The molecule has 1 aromatic rings. The fraction of sp³-hybridized carbons (Fsp3) is 0.636. The van der Waals surface area contributed by atoms with Gasteiger partial charge in [0.15, 0.2) is 5.69 Å². The summed E-state index contributed by atoms with van der Waals surface area (Å²) in [5.74, 6) is 1.04. The Morgan fingerprint density at radius 1 is 1.76 bits per heavy atom. The fourth-order valence-electron chi connectivity index (χ4n) is 1.87. The van der Waals surface area contributed by atoms with Crippen molar-refractivity contribution < 1.29 is 4.79 Å². The number of nitrogens with zero attached hydrogens (tertiary/aromatic N) is 2. The molecule has 2 heterocycles. The summed E-state index contributed by atoms with van der Waals surface area (Å²) in [5.41, 5.74) is 6.54. The summed E-state index contributed by atoms with van der Waals surface area (Å²) in [6.45, 7) is 3.39. The topological polar surface area (TPSA) is 72.9 Å². The van der Waals surface area contributed by atoms with Crippen LogP contribution < -0.4 is 11.1 Å². The minimum Gasteiger partial charge on any atom is -0.396 e. The number of hydrogen-bond donors (Lipinski definition) is 2. The summed E-state index contributed by atoms with van der Waals surface area (Å²) in [4.78, 5) is 11.9. The second kappa shape index (κ2) is 5.44. The number of aryl methyl sites for hydroxylation is 1. The van der Waals surface area contributed by atoms with Crippen molar-refractivity contribution in [1.29, 1.82) is 0 Å². The molecule has 1 aromatic heterocycles. The van der Waals surface area contributed by atoms with E-state index in [9.17, 15) is 4.79 Å². The van der Waals surface area contributed by atoms with Gasteiger partial charge in [-0.15, -0.1) is 0 Å². The van der Waals surface area contributed by atoms with E-state index in [2.05, 4.69) is 10.4 Å². The van der Waals surface area contributed by atoms with Gasteiger partial charge in [-0.25, -0.2) is 0 Å². The van der Waals surface area contributed by atoms with Crippen LogP contribution in [0.25, 0.3) is 0 Å². The summed E-state index contributed by atoms with van der Waals surface area (Å²) >= 11 is 1.92. The van der Waals surface area contributed by atoms with Gasteiger partial charge in [-0.05, 0) is 25.5 Å². The van der Waals surface area contributed by atoms with Crippen molar-refractivity contribution in [2.45, 2.75) is 31.6 Å². The third-order valence-electron chi connectivity index (χ3n) is 2.84. The first-order chi connectivity index (χ1) is 8.20. The highest BCUT2D eigenvalue weighted by molar-refractivity contribution is 8.00. The molecule has 1 saturated heterocycles. The third kappa shape index (κ3) is 2.94. The van der Waals surface area contributed by atoms with Gasteiger partial charge in [-0.1, -0.05) is 0 Å². The van der Waals surface area contributed by atoms with E-state index in [1.807, 2.05) is 18.7 Å². The molecule has 2 rings (SSSR count). The molecule has 0 bridgehead atoms. The minimum absolute atomic E-state index is 0.165. The third-order valence-corrected chi connectivity index (χ3v) is 4.24. The van der Waals surface area contributed by atoms with Gasteiger partial charge in [-0.2, -0.15) is 16.9 Å². The normalized spacial score (nSPS) is 19.5. The SMILES string of the molecule is CCn1cc(N)c(C(=O)NCC2CCCS2)n1. The van der Waals surface area contributed by atoms with Crippen LogP contribution in [0.15, 0.2) is 6.20 Å². The molecule has 0 spiro atoms. The van der Waals surface area contributed by atoms with E-state index < -0.39 is 0 Å². The van der Waals surface area contributed by atoms with Crippen molar-refractivity contribution in [3.05, 3.63) is 11.9 Å². The van der Waals surface area contributed by atoms with Crippen LogP contribution >= 0.6 is 11.8 Å². The lowest BCUT2D eigenvalue weighted by atomic mass is 10.2. The van der Waals surface area contributed by atoms with E-state index in [-0.39, 0.29) is 5.91 Å². The Kier molecular flexibility index (Phi) is 3.93. The van der Waals surface area contributed by atoms with E-state index in [1.54, 1.807) is 10.9 Å². The number of aromatic nitrogens is 2. The molecule has 1 amide bonds. The van der Waals surface area contributed by atoms with Crippen LogP contribution in [0.4, 0.5) is 5.69 Å². The Bertz CT molecular complexity index is 398. The maximum absolute atomic E-state index is 11.9. The first-order valence-corrected chi connectivity index (χ1v) is 6.98. The van der Waals surface area contributed by atoms with Crippen LogP contribution in [-0.4, -0.2) is 33.2 Å². The quantitative estimate of drug-likeness (QED) is 0.844. The molecule has 1 atom stereocenters. The summed E-state index contributed by atoms with van der Waals surface area (Å²) in [6.07, 6.45) is 4.13. The molecule has 94 valence electrons. The lowest BCUT2D eigenvalue weighted by Gasteiger charge is -2.09. The van der Waals surface area contributed by atoms with E-state index in [4.69, 9.17) is 5.73 Å². The highest BCUT2D eigenvalue weighted by Gasteiger charge is 2.19. The molecule has 0 radical (unpaired) electrons. The van der Waals surface area contributed by atoms with E-state index in [0.29, 0.717) is 23.2 Å². The first-order valence-electron chi connectivity index (χ1n) is 5.93. The average Bonchev–Trinajstić information content (AvgIpc) is 2.94. The number of anilines is 1. The summed E-state index contributed by atoms with van der Waals surface area (Å²) in [5, 5.41) is 7.60. The van der Waals surface area contributed by atoms with Crippen molar-refractivity contribution >= 4 is 23.4 Å². The maximum Gasteiger partial charge on any atom is 0.273 e. The number of thioether (sulfide) groups is 1. The number of nitrogen functional groups attached to an aromatic ring is 1. The Morgan fingerprint density at radius 2 is 2.59 bits per heavy atom. The second-order valence-corrected chi connectivity index (χ2v) is 5.54. The smallest absolute Gasteiger partial charge is 0.273 e. The van der Waals surface area contributed by atoms with Crippen molar-refractivity contribution in [3.63, 3.8) is 0 Å². The molecule has 0 aliphatic carbocycles. The summed E-state index contributed by atoms with van der Waals surface area (Å²) in [7, 11) is 0. The van der Waals surface area contributed by atoms with Crippen LogP contribution in [0.1, 0.15) is 30.3 Å². The Balaban J connectivity index is 1.91. The highest BCUT2D eigenvalue weighted by Crippen LogP contribution is 2.25. The minimum atomic E-state index is -0.165. The molecule has 1 aliphatic heterocycles. The van der Waals surface area contributed by atoms with Crippen LogP contribution in [0, 0.1) is 0 Å². The second-order valence-electron chi connectivity index (χ2n) is 4.13. The highest BCUT2D eigenvalue weighted by atomic mass is 32.2. The zero-order valence-electron chi connectivity index (χ0n) is 9.98. The van der Waals surface area contributed by atoms with Gasteiger partial charge >= 0.3 is 0 Å². The predicted molar refractivity (Wildman–Crippen MR) is 70.1 cm³/mol. The Morgan fingerprint density at radius 3 is 3.18 bits per heavy atom. The standard InChI is InChI=1S/C11H18N4OS/c1-2-15-7-9(12)10(14-15)11(16)13-6-8-4-3-5-17-8/h7-8H,2-6,12H2,1H3,(H,13,16). The van der Waals surface area contributed by atoms with Gasteiger partial charge in [0, 0.05) is 24.5 Å². The van der Waals surface area contributed by atoms with Gasteiger partial charge in [0.1, 0.15) is 0 Å². The van der Waals surface area contributed by atoms with E-state index in [1.165, 1.54) is 18.6 Å². The number of amides is 1. The number of nitrogens with two attached hydrogens (primary N) is 1. The Hall–Kier alpha value is -1.17. The number of rotatable bonds is 4. The van der Waals surface area contributed by atoms with Crippen molar-refractivity contribution in [3.8, 4) is 0 Å². The molecular weight excluding hydrogens is 236 g/mol. The largest absolute Gasteiger partial charge is 0.396 e. The lowest BCUT2D eigenvalue weighted by molar-refractivity contribution is 0.0948. The van der Waals surface area contributed by atoms with Gasteiger partial charge < -0.3 is 11.1 Å².